The summed E-state index contributed by atoms with van der Waals surface area (Å²) in [5.74, 6) is 1.31. The highest BCUT2D eigenvalue weighted by Crippen LogP contribution is 2.20. The summed E-state index contributed by atoms with van der Waals surface area (Å²) in [6, 6.07) is 0. The first kappa shape index (κ1) is 20.9. The third-order valence-corrected chi connectivity index (χ3v) is 3.84. The Morgan fingerprint density at radius 1 is 0.810 bits per heavy atom. The fraction of sp³-hybridized carbons (Fsp3) is 1.00. The van der Waals surface area contributed by atoms with Gasteiger partial charge in [-0.3, -0.25) is 0 Å². The molecule has 0 aliphatic heterocycles. The zero-order chi connectivity index (χ0) is 15.9. The molecule has 0 aliphatic carbocycles. The summed E-state index contributed by atoms with van der Waals surface area (Å²) >= 11 is 0. The second-order valence-electron chi connectivity index (χ2n) is 6.67. The van der Waals surface area contributed by atoms with Gasteiger partial charge in [0.2, 0.25) is 0 Å². The molecule has 0 amide bonds. The van der Waals surface area contributed by atoms with Crippen molar-refractivity contribution in [1.29, 1.82) is 0 Å². The standard InChI is InChI=1S/C18H38O3/c1-5-6-7-8-11-20-15-21-12-9-10-16(2)13-17(3)14-18(4)19/h16-19H,5-15H2,1-4H3. The van der Waals surface area contributed by atoms with Crippen LogP contribution < -0.4 is 0 Å². The molecule has 1 N–H and O–H groups in total. The van der Waals surface area contributed by atoms with E-state index in [1.165, 1.54) is 32.1 Å². The molecule has 0 spiro atoms. The molecule has 0 bridgehead atoms. The van der Waals surface area contributed by atoms with Crippen molar-refractivity contribution in [2.24, 2.45) is 11.8 Å². The van der Waals surface area contributed by atoms with Crippen LogP contribution in [0.4, 0.5) is 0 Å². The number of hydrogen-bond donors (Lipinski definition) is 1. The quantitative estimate of drug-likeness (QED) is 0.350. The highest BCUT2D eigenvalue weighted by Gasteiger charge is 2.10. The van der Waals surface area contributed by atoms with Gasteiger partial charge in [-0.15, -0.1) is 0 Å². The van der Waals surface area contributed by atoms with E-state index in [-0.39, 0.29) is 6.10 Å². The fourth-order valence-corrected chi connectivity index (χ4v) is 2.82. The first-order valence-corrected chi connectivity index (χ1v) is 8.89. The summed E-state index contributed by atoms with van der Waals surface area (Å²) in [5, 5.41) is 9.37. The van der Waals surface area contributed by atoms with Crippen molar-refractivity contribution in [3.05, 3.63) is 0 Å². The van der Waals surface area contributed by atoms with Gasteiger partial charge in [0.05, 0.1) is 6.10 Å². The third-order valence-electron chi connectivity index (χ3n) is 3.84. The number of aliphatic hydroxyl groups is 1. The first-order valence-electron chi connectivity index (χ1n) is 8.89. The average Bonchev–Trinajstić information content (AvgIpc) is 2.39. The minimum absolute atomic E-state index is 0.176. The molecule has 21 heavy (non-hydrogen) atoms. The van der Waals surface area contributed by atoms with Crippen LogP contribution in [-0.4, -0.2) is 31.2 Å². The summed E-state index contributed by atoms with van der Waals surface area (Å²) < 4.78 is 10.9. The molecule has 3 heteroatoms. The number of rotatable bonds is 15. The van der Waals surface area contributed by atoms with E-state index in [1.807, 2.05) is 6.92 Å². The summed E-state index contributed by atoms with van der Waals surface area (Å²) in [7, 11) is 0. The van der Waals surface area contributed by atoms with Gasteiger partial charge in [-0.05, 0) is 50.9 Å². The predicted octanol–water partition coefficient (Wildman–Crippen LogP) is 4.77. The van der Waals surface area contributed by atoms with E-state index >= 15 is 0 Å². The molecular weight excluding hydrogens is 264 g/mol. The molecule has 128 valence electrons. The van der Waals surface area contributed by atoms with Crippen LogP contribution in [0.1, 0.15) is 79.1 Å². The Morgan fingerprint density at radius 3 is 2.10 bits per heavy atom. The molecule has 3 nitrogen and oxygen atoms in total. The Kier molecular flexibility index (Phi) is 14.7. The lowest BCUT2D eigenvalue weighted by molar-refractivity contribution is -0.0561. The maximum Gasteiger partial charge on any atom is 0.146 e. The van der Waals surface area contributed by atoms with Crippen LogP contribution in [-0.2, 0) is 9.47 Å². The van der Waals surface area contributed by atoms with Gasteiger partial charge in [-0.1, -0.05) is 40.0 Å². The van der Waals surface area contributed by atoms with Gasteiger partial charge in [-0.2, -0.15) is 0 Å². The number of unbranched alkanes of at least 4 members (excludes halogenated alkanes) is 3. The van der Waals surface area contributed by atoms with Crippen LogP contribution in [0.3, 0.4) is 0 Å². The second kappa shape index (κ2) is 14.8. The van der Waals surface area contributed by atoms with E-state index < -0.39 is 0 Å². The van der Waals surface area contributed by atoms with Crippen LogP contribution in [0.5, 0.6) is 0 Å². The van der Waals surface area contributed by atoms with E-state index in [4.69, 9.17) is 9.47 Å². The summed E-state index contributed by atoms with van der Waals surface area (Å²) in [6.45, 7) is 10.7. The largest absolute Gasteiger partial charge is 0.393 e. The monoisotopic (exact) mass is 302 g/mol. The molecule has 0 saturated heterocycles. The molecule has 0 aromatic heterocycles. The van der Waals surface area contributed by atoms with Crippen molar-refractivity contribution in [3.8, 4) is 0 Å². The lowest BCUT2D eigenvalue weighted by Crippen LogP contribution is -2.11. The maximum absolute atomic E-state index is 9.37. The van der Waals surface area contributed by atoms with Crippen LogP contribution in [0.25, 0.3) is 0 Å². The second-order valence-corrected chi connectivity index (χ2v) is 6.67. The summed E-state index contributed by atoms with van der Waals surface area (Å²) in [5.41, 5.74) is 0. The third kappa shape index (κ3) is 16.1. The zero-order valence-electron chi connectivity index (χ0n) is 14.8. The first-order chi connectivity index (χ1) is 10.1. The SMILES string of the molecule is CCCCCCOCOCCCC(C)CC(C)CC(C)O. The highest BCUT2D eigenvalue weighted by atomic mass is 16.7. The minimum Gasteiger partial charge on any atom is -0.393 e. The smallest absolute Gasteiger partial charge is 0.146 e. The molecule has 0 aromatic carbocycles. The number of ether oxygens (including phenoxy) is 2. The van der Waals surface area contributed by atoms with E-state index in [0.717, 1.165) is 32.5 Å². The predicted molar refractivity (Wildman–Crippen MR) is 89.4 cm³/mol. The molecule has 3 atom stereocenters. The van der Waals surface area contributed by atoms with Gasteiger partial charge in [0.25, 0.3) is 0 Å². The summed E-state index contributed by atoms with van der Waals surface area (Å²) in [4.78, 5) is 0. The Balaban J connectivity index is 3.26. The molecule has 0 fully saturated rings. The number of aliphatic hydroxyl groups excluding tert-OH is 1. The maximum atomic E-state index is 9.37. The summed E-state index contributed by atoms with van der Waals surface area (Å²) in [6.07, 6.45) is 9.20. The van der Waals surface area contributed by atoms with Crippen molar-refractivity contribution < 1.29 is 14.6 Å². The van der Waals surface area contributed by atoms with Crippen molar-refractivity contribution in [3.63, 3.8) is 0 Å². The van der Waals surface area contributed by atoms with Crippen molar-refractivity contribution >= 4 is 0 Å². The zero-order valence-corrected chi connectivity index (χ0v) is 14.8. The molecule has 0 aliphatic rings. The van der Waals surface area contributed by atoms with Crippen molar-refractivity contribution in [2.45, 2.75) is 85.2 Å². The molecular formula is C18H38O3. The van der Waals surface area contributed by atoms with Gasteiger partial charge in [0.1, 0.15) is 6.79 Å². The van der Waals surface area contributed by atoms with Gasteiger partial charge < -0.3 is 14.6 Å². The highest BCUT2D eigenvalue weighted by molar-refractivity contribution is 4.62. The van der Waals surface area contributed by atoms with E-state index in [2.05, 4.69) is 20.8 Å². The lowest BCUT2D eigenvalue weighted by atomic mass is 9.90. The Bertz CT molecular complexity index is 207. The molecule has 3 unspecified atom stereocenters. The minimum atomic E-state index is -0.176. The van der Waals surface area contributed by atoms with Crippen LogP contribution in [0.15, 0.2) is 0 Å². The molecule has 0 radical (unpaired) electrons. The van der Waals surface area contributed by atoms with Gasteiger partial charge >= 0.3 is 0 Å². The van der Waals surface area contributed by atoms with Gasteiger partial charge in [0.15, 0.2) is 0 Å². The molecule has 0 aromatic rings. The Morgan fingerprint density at radius 2 is 1.48 bits per heavy atom. The molecule has 0 saturated carbocycles. The Labute approximate surface area is 132 Å². The lowest BCUT2D eigenvalue weighted by Gasteiger charge is -2.18. The molecule has 0 heterocycles. The van der Waals surface area contributed by atoms with Crippen LogP contribution in [0.2, 0.25) is 0 Å². The average molecular weight is 302 g/mol. The van der Waals surface area contributed by atoms with Crippen LogP contribution >= 0.6 is 0 Å². The van der Waals surface area contributed by atoms with E-state index in [0.29, 0.717) is 18.6 Å². The Hall–Kier alpha value is -0.120. The number of hydrogen-bond acceptors (Lipinski definition) is 3. The van der Waals surface area contributed by atoms with Gasteiger partial charge in [-0.25, -0.2) is 0 Å². The fourth-order valence-electron chi connectivity index (χ4n) is 2.82. The topological polar surface area (TPSA) is 38.7 Å². The van der Waals surface area contributed by atoms with E-state index in [9.17, 15) is 5.11 Å². The normalized spacial score (nSPS) is 15.9. The van der Waals surface area contributed by atoms with Crippen molar-refractivity contribution in [2.75, 3.05) is 20.0 Å². The molecule has 0 rings (SSSR count). The van der Waals surface area contributed by atoms with Crippen molar-refractivity contribution in [1.82, 2.24) is 0 Å². The van der Waals surface area contributed by atoms with E-state index in [1.54, 1.807) is 0 Å². The van der Waals surface area contributed by atoms with Gasteiger partial charge in [0, 0.05) is 13.2 Å². The van der Waals surface area contributed by atoms with Crippen LogP contribution in [0, 0.1) is 11.8 Å².